The first-order chi connectivity index (χ1) is 9.38. The van der Waals surface area contributed by atoms with Crippen LogP contribution in [0.2, 0.25) is 0 Å². The molecule has 3 nitrogen and oxygen atoms in total. The number of alkyl halides is 1. The lowest BCUT2D eigenvalue weighted by Crippen LogP contribution is -2.51. The fourth-order valence-corrected chi connectivity index (χ4v) is 6.36. The maximum Gasteiger partial charge on any atom is 0.242 e. The molecule has 1 fully saturated rings. The van der Waals surface area contributed by atoms with Crippen molar-refractivity contribution in [3.8, 4) is 0 Å². The van der Waals surface area contributed by atoms with Gasteiger partial charge in [0, 0.05) is 19.8 Å². The number of sulfonamides is 1. The van der Waals surface area contributed by atoms with Crippen LogP contribution >= 0.6 is 47.8 Å². The summed E-state index contributed by atoms with van der Waals surface area (Å²) in [6, 6.07) is 5.17. The summed E-state index contributed by atoms with van der Waals surface area (Å²) in [5, 5.41) is 0.644. The van der Waals surface area contributed by atoms with Gasteiger partial charge in [0.2, 0.25) is 10.0 Å². The Balaban J connectivity index is 2.32. The Hall–Kier alpha value is 0.570. The molecule has 1 aromatic rings. The number of benzene rings is 1. The molecule has 0 spiro atoms. The molecule has 0 heterocycles. The first-order valence-corrected chi connectivity index (χ1v) is 10.6. The van der Waals surface area contributed by atoms with Gasteiger partial charge in [-0.2, -0.15) is 0 Å². The van der Waals surface area contributed by atoms with Crippen LogP contribution in [0.4, 0.5) is 0 Å². The third kappa shape index (κ3) is 3.85. The summed E-state index contributed by atoms with van der Waals surface area (Å²) in [4.78, 5) is 0.276. The minimum atomic E-state index is -3.54. The van der Waals surface area contributed by atoms with Gasteiger partial charge in [-0.1, -0.05) is 51.1 Å². The van der Waals surface area contributed by atoms with Crippen molar-refractivity contribution in [3.63, 3.8) is 0 Å². The Labute approximate surface area is 145 Å². The zero-order valence-electron chi connectivity index (χ0n) is 10.8. The van der Waals surface area contributed by atoms with Crippen molar-refractivity contribution < 1.29 is 8.42 Å². The first-order valence-electron chi connectivity index (χ1n) is 6.44. The van der Waals surface area contributed by atoms with Crippen LogP contribution in [0.3, 0.4) is 0 Å². The summed E-state index contributed by atoms with van der Waals surface area (Å²) >= 11 is 10.1. The second-order valence-electron chi connectivity index (χ2n) is 5.15. The molecule has 0 bridgehead atoms. The SMILES string of the molecule is O=S(=O)(NC1(CBr)CCCCC1)c1cc(Br)ccc1Br. The number of hydrogen-bond donors (Lipinski definition) is 1. The molecular formula is C13H16Br3NO2S. The third-order valence-corrected chi connectivity index (χ3v) is 7.74. The molecule has 0 amide bonds. The van der Waals surface area contributed by atoms with Crippen LogP contribution < -0.4 is 4.72 Å². The highest BCUT2D eigenvalue weighted by atomic mass is 79.9. The van der Waals surface area contributed by atoms with Crippen molar-refractivity contribution in [2.45, 2.75) is 42.5 Å². The normalized spacial score (nSPS) is 18.9. The van der Waals surface area contributed by atoms with E-state index in [1.165, 1.54) is 6.42 Å². The lowest BCUT2D eigenvalue weighted by molar-refractivity contribution is 0.301. The minimum absolute atomic E-state index is 0.276. The van der Waals surface area contributed by atoms with Crippen molar-refractivity contribution in [2.75, 3.05) is 5.33 Å². The second-order valence-corrected chi connectivity index (χ2v) is 9.14. The molecule has 1 aliphatic rings. The summed E-state index contributed by atoms with van der Waals surface area (Å²) in [6.07, 6.45) is 5.06. The summed E-state index contributed by atoms with van der Waals surface area (Å²) in [5.74, 6) is 0. The zero-order valence-corrected chi connectivity index (χ0v) is 16.4. The molecule has 7 heteroatoms. The average molecular weight is 490 g/mol. The van der Waals surface area contributed by atoms with E-state index in [0.717, 1.165) is 30.2 Å². The highest BCUT2D eigenvalue weighted by Crippen LogP contribution is 2.33. The molecule has 1 N–H and O–H groups in total. The molecule has 112 valence electrons. The van der Waals surface area contributed by atoms with Crippen LogP contribution in [0.15, 0.2) is 32.0 Å². The number of hydrogen-bond acceptors (Lipinski definition) is 2. The number of nitrogens with one attached hydrogen (secondary N) is 1. The van der Waals surface area contributed by atoms with E-state index in [1.54, 1.807) is 12.1 Å². The smallest absolute Gasteiger partial charge is 0.207 e. The first kappa shape index (κ1) is 16.9. The third-order valence-electron chi connectivity index (χ3n) is 3.60. The van der Waals surface area contributed by atoms with E-state index < -0.39 is 10.0 Å². The van der Waals surface area contributed by atoms with Gasteiger partial charge < -0.3 is 0 Å². The maximum atomic E-state index is 12.7. The van der Waals surface area contributed by atoms with Crippen molar-refractivity contribution in [2.24, 2.45) is 0 Å². The molecule has 0 aliphatic heterocycles. The van der Waals surface area contributed by atoms with E-state index in [1.807, 2.05) is 6.07 Å². The maximum absolute atomic E-state index is 12.7. The molecule has 0 aromatic heterocycles. The van der Waals surface area contributed by atoms with Gasteiger partial charge in [-0.3, -0.25) is 0 Å². The summed E-state index contributed by atoms with van der Waals surface area (Å²) < 4.78 is 29.6. The molecule has 0 unspecified atom stereocenters. The fourth-order valence-electron chi connectivity index (χ4n) is 2.51. The molecule has 1 aromatic carbocycles. The average Bonchev–Trinajstić information content (AvgIpc) is 2.42. The van der Waals surface area contributed by atoms with E-state index in [4.69, 9.17) is 0 Å². The van der Waals surface area contributed by atoms with Gasteiger partial charge >= 0.3 is 0 Å². The molecule has 1 aliphatic carbocycles. The number of rotatable bonds is 4. The zero-order chi connectivity index (χ0) is 14.8. The predicted octanol–water partition coefficient (Wildman–Crippen LogP) is 4.59. The summed E-state index contributed by atoms with van der Waals surface area (Å²) in [5.41, 5.74) is -0.362. The molecule has 0 atom stereocenters. The van der Waals surface area contributed by atoms with Gasteiger partial charge in [0.05, 0.1) is 4.90 Å². The Morgan fingerprint density at radius 1 is 1.15 bits per heavy atom. The van der Waals surface area contributed by atoms with Crippen LogP contribution in [0.25, 0.3) is 0 Å². The molecule has 20 heavy (non-hydrogen) atoms. The quantitative estimate of drug-likeness (QED) is 0.629. The minimum Gasteiger partial charge on any atom is -0.207 e. The van der Waals surface area contributed by atoms with Gasteiger partial charge in [0.15, 0.2) is 0 Å². The van der Waals surface area contributed by atoms with Crippen molar-refractivity contribution in [1.82, 2.24) is 4.72 Å². The van der Waals surface area contributed by atoms with Gasteiger partial charge in [0.1, 0.15) is 0 Å². The lowest BCUT2D eigenvalue weighted by Gasteiger charge is -2.36. The second kappa shape index (κ2) is 6.77. The van der Waals surface area contributed by atoms with E-state index >= 15 is 0 Å². The van der Waals surface area contributed by atoms with Crippen molar-refractivity contribution in [1.29, 1.82) is 0 Å². The van der Waals surface area contributed by atoms with Gasteiger partial charge in [0.25, 0.3) is 0 Å². The molecule has 0 saturated heterocycles. The largest absolute Gasteiger partial charge is 0.242 e. The fraction of sp³-hybridized carbons (Fsp3) is 0.538. The number of halogens is 3. The molecule has 1 saturated carbocycles. The van der Waals surface area contributed by atoms with Crippen LogP contribution in [0, 0.1) is 0 Å². The predicted molar refractivity (Wildman–Crippen MR) is 91.8 cm³/mol. The summed E-state index contributed by atoms with van der Waals surface area (Å²) in [7, 11) is -3.54. The molecular weight excluding hydrogens is 474 g/mol. The van der Waals surface area contributed by atoms with Crippen LogP contribution in [0.1, 0.15) is 32.1 Å². The van der Waals surface area contributed by atoms with E-state index in [2.05, 4.69) is 52.5 Å². The highest BCUT2D eigenvalue weighted by molar-refractivity contribution is 9.11. The van der Waals surface area contributed by atoms with E-state index in [0.29, 0.717) is 9.80 Å². The van der Waals surface area contributed by atoms with Crippen molar-refractivity contribution in [3.05, 3.63) is 27.1 Å². The molecule has 0 radical (unpaired) electrons. The van der Waals surface area contributed by atoms with Gasteiger partial charge in [-0.15, -0.1) is 0 Å². The van der Waals surface area contributed by atoms with Crippen LogP contribution in [-0.4, -0.2) is 19.3 Å². The van der Waals surface area contributed by atoms with Gasteiger partial charge in [-0.25, -0.2) is 13.1 Å². The van der Waals surface area contributed by atoms with E-state index in [-0.39, 0.29) is 10.4 Å². The Morgan fingerprint density at radius 2 is 1.80 bits per heavy atom. The summed E-state index contributed by atoms with van der Waals surface area (Å²) in [6.45, 7) is 0. The Kier molecular flexibility index (Phi) is 5.73. The van der Waals surface area contributed by atoms with Crippen LogP contribution in [-0.2, 0) is 10.0 Å². The highest BCUT2D eigenvalue weighted by Gasteiger charge is 2.36. The molecule has 2 rings (SSSR count). The Bertz CT molecular complexity index is 583. The monoisotopic (exact) mass is 487 g/mol. The lowest BCUT2D eigenvalue weighted by atomic mass is 9.84. The Morgan fingerprint density at radius 3 is 2.40 bits per heavy atom. The van der Waals surface area contributed by atoms with Crippen molar-refractivity contribution >= 4 is 57.8 Å². The van der Waals surface area contributed by atoms with Gasteiger partial charge in [-0.05, 0) is 47.0 Å². The van der Waals surface area contributed by atoms with E-state index in [9.17, 15) is 8.42 Å². The topological polar surface area (TPSA) is 46.2 Å². The standard InChI is InChI=1S/C13H16Br3NO2S/c14-9-13(6-2-1-3-7-13)17-20(18,19)12-8-10(15)4-5-11(12)16/h4-5,8,17H,1-3,6-7,9H2. The van der Waals surface area contributed by atoms with Crippen LogP contribution in [0.5, 0.6) is 0 Å².